The molecule has 2 atom stereocenters. The van der Waals surface area contributed by atoms with Crippen LogP contribution in [0.3, 0.4) is 0 Å². The highest BCUT2D eigenvalue weighted by atomic mass is 19.1. The number of halogens is 1. The zero-order valence-corrected chi connectivity index (χ0v) is 15.4. The van der Waals surface area contributed by atoms with Crippen LogP contribution >= 0.6 is 0 Å². The van der Waals surface area contributed by atoms with Crippen LogP contribution < -0.4 is 19.5 Å². The number of hydrogen-bond acceptors (Lipinski definition) is 4. The summed E-state index contributed by atoms with van der Waals surface area (Å²) >= 11 is 0. The zero-order chi connectivity index (χ0) is 19.1. The third-order valence-corrected chi connectivity index (χ3v) is 4.03. The molecular formula is C20H24FNO4. The topological polar surface area (TPSA) is 56.8 Å². The summed E-state index contributed by atoms with van der Waals surface area (Å²) in [6.07, 6.45) is -0.395. The molecule has 1 N–H and O–H groups in total. The number of carbonyl (C=O) groups excluding carboxylic acids is 1. The molecule has 0 spiro atoms. The van der Waals surface area contributed by atoms with E-state index in [0.717, 1.165) is 5.56 Å². The Hall–Kier alpha value is -2.76. The number of benzene rings is 2. The lowest BCUT2D eigenvalue weighted by Crippen LogP contribution is -2.39. The number of hydrogen-bond donors (Lipinski definition) is 1. The molecule has 2 rings (SSSR count). The Morgan fingerprint density at radius 3 is 2.46 bits per heavy atom. The summed E-state index contributed by atoms with van der Waals surface area (Å²) in [7, 11) is 3.14. The molecule has 0 aromatic heterocycles. The summed E-state index contributed by atoms with van der Waals surface area (Å²) in [5.74, 6) is 0.536. The maximum atomic E-state index is 13.8. The van der Waals surface area contributed by atoms with Crippen LogP contribution in [0.2, 0.25) is 0 Å². The van der Waals surface area contributed by atoms with Crippen molar-refractivity contribution in [3.05, 3.63) is 53.8 Å². The van der Waals surface area contributed by atoms with E-state index < -0.39 is 11.9 Å². The number of ether oxygens (including phenoxy) is 3. The van der Waals surface area contributed by atoms with E-state index in [0.29, 0.717) is 17.9 Å². The van der Waals surface area contributed by atoms with Gasteiger partial charge in [-0.1, -0.05) is 19.1 Å². The van der Waals surface area contributed by atoms with Gasteiger partial charge >= 0.3 is 0 Å². The number of amides is 1. The standard InChI is InChI=1S/C20H24FNO4/c1-5-17(26-19-9-7-6-8-16(19)21)20(23)22-13(2)15-12-14(24-3)10-11-18(15)25-4/h6-13,17H,5H2,1-4H3,(H,22,23)/t13-,17+/m1/s1. The van der Waals surface area contributed by atoms with E-state index in [1.807, 2.05) is 19.9 Å². The van der Waals surface area contributed by atoms with Crippen LogP contribution in [0.25, 0.3) is 0 Å². The first-order valence-electron chi connectivity index (χ1n) is 8.43. The molecule has 5 nitrogen and oxygen atoms in total. The molecule has 1 amide bonds. The van der Waals surface area contributed by atoms with E-state index in [1.165, 1.54) is 12.1 Å². The lowest BCUT2D eigenvalue weighted by atomic mass is 10.1. The summed E-state index contributed by atoms with van der Waals surface area (Å²) < 4.78 is 29.9. The highest BCUT2D eigenvalue weighted by molar-refractivity contribution is 5.81. The minimum absolute atomic E-state index is 0.0566. The molecule has 0 saturated heterocycles. The van der Waals surface area contributed by atoms with Crippen LogP contribution in [0.1, 0.15) is 31.9 Å². The Labute approximate surface area is 153 Å². The van der Waals surface area contributed by atoms with E-state index in [9.17, 15) is 9.18 Å². The molecule has 140 valence electrons. The molecule has 0 fully saturated rings. The first-order chi connectivity index (χ1) is 12.5. The Morgan fingerprint density at radius 2 is 1.85 bits per heavy atom. The quantitative estimate of drug-likeness (QED) is 0.775. The SMILES string of the molecule is CC[C@H](Oc1ccccc1F)C(=O)N[C@H](C)c1cc(OC)ccc1OC. The van der Waals surface area contributed by atoms with Crippen LogP contribution in [0.4, 0.5) is 4.39 Å². The fraction of sp³-hybridized carbons (Fsp3) is 0.350. The van der Waals surface area contributed by atoms with Gasteiger partial charge in [-0.05, 0) is 43.7 Å². The fourth-order valence-electron chi connectivity index (χ4n) is 2.58. The molecule has 0 aliphatic rings. The Kier molecular flexibility index (Phi) is 6.83. The molecule has 0 heterocycles. The third kappa shape index (κ3) is 4.65. The smallest absolute Gasteiger partial charge is 0.261 e. The molecule has 0 radical (unpaired) electrons. The molecule has 0 bridgehead atoms. The predicted octanol–water partition coefficient (Wildman–Crippen LogP) is 3.88. The van der Waals surface area contributed by atoms with Gasteiger partial charge in [-0.3, -0.25) is 4.79 Å². The zero-order valence-electron chi connectivity index (χ0n) is 15.4. The largest absolute Gasteiger partial charge is 0.497 e. The van der Waals surface area contributed by atoms with Crippen LogP contribution in [0, 0.1) is 5.82 Å². The molecule has 6 heteroatoms. The van der Waals surface area contributed by atoms with Crippen LogP contribution in [0.15, 0.2) is 42.5 Å². The van der Waals surface area contributed by atoms with Crippen molar-refractivity contribution in [3.63, 3.8) is 0 Å². The van der Waals surface area contributed by atoms with Gasteiger partial charge in [-0.25, -0.2) is 4.39 Å². The Morgan fingerprint density at radius 1 is 1.12 bits per heavy atom. The Balaban J connectivity index is 2.13. The van der Waals surface area contributed by atoms with Crippen LogP contribution in [-0.4, -0.2) is 26.2 Å². The molecule has 2 aromatic rings. The second-order valence-corrected chi connectivity index (χ2v) is 5.78. The van der Waals surface area contributed by atoms with Gasteiger partial charge < -0.3 is 19.5 Å². The van der Waals surface area contributed by atoms with E-state index >= 15 is 0 Å². The fourth-order valence-corrected chi connectivity index (χ4v) is 2.58. The number of carbonyl (C=O) groups is 1. The van der Waals surface area contributed by atoms with Gasteiger partial charge in [0, 0.05) is 5.56 Å². The molecule has 26 heavy (non-hydrogen) atoms. The summed E-state index contributed by atoms with van der Waals surface area (Å²) in [4.78, 5) is 12.6. The van der Waals surface area contributed by atoms with Crippen molar-refractivity contribution < 1.29 is 23.4 Å². The van der Waals surface area contributed by atoms with E-state index in [1.54, 1.807) is 38.5 Å². The van der Waals surface area contributed by atoms with Gasteiger partial charge in [-0.2, -0.15) is 0 Å². The van der Waals surface area contributed by atoms with Crippen molar-refractivity contribution in [2.45, 2.75) is 32.4 Å². The van der Waals surface area contributed by atoms with Gasteiger partial charge in [0.25, 0.3) is 5.91 Å². The van der Waals surface area contributed by atoms with E-state index in [2.05, 4.69) is 5.32 Å². The normalized spacial score (nSPS) is 12.8. The summed E-state index contributed by atoms with van der Waals surface area (Å²) in [6, 6.07) is 11.1. The maximum Gasteiger partial charge on any atom is 0.261 e. The molecule has 2 aromatic carbocycles. The monoisotopic (exact) mass is 361 g/mol. The second-order valence-electron chi connectivity index (χ2n) is 5.78. The van der Waals surface area contributed by atoms with Gasteiger partial charge in [0.1, 0.15) is 11.5 Å². The van der Waals surface area contributed by atoms with Crippen molar-refractivity contribution in [3.8, 4) is 17.2 Å². The molecular weight excluding hydrogens is 337 g/mol. The second kappa shape index (κ2) is 9.08. The highest BCUT2D eigenvalue weighted by Crippen LogP contribution is 2.29. The summed E-state index contributed by atoms with van der Waals surface area (Å²) in [5, 5.41) is 2.89. The number of para-hydroxylation sites is 1. The van der Waals surface area contributed by atoms with Gasteiger partial charge in [0.15, 0.2) is 17.7 Å². The van der Waals surface area contributed by atoms with E-state index in [-0.39, 0.29) is 17.7 Å². The van der Waals surface area contributed by atoms with Crippen molar-refractivity contribution in [1.29, 1.82) is 0 Å². The van der Waals surface area contributed by atoms with Crippen molar-refractivity contribution in [2.75, 3.05) is 14.2 Å². The van der Waals surface area contributed by atoms with Crippen LogP contribution in [0.5, 0.6) is 17.2 Å². The lowest BCUT2D eigenvalue weighted by Gasteiger charge is -2.22. The summed E-state index contributed by atoms with van der Waals surface area (Å²) in [5.41, 5.74) is 0.779. The summed E-state index contributed by atoms with van der Waals surface area (Å²) in [6.45, 7) is 3.65. The molecule has 0 unspecified atom stereocenters. The first-order valence-corrected chi connectivity index (χ1v) is 8.43. The minimum Gasteiger partial charge on any atom is -0.497 e. The highest BCUT2D eigenvalue weighted by Gasteiger charge is 2.23. The third-order valence-electron chi connectivity index (χ3n) is 4.03. The molecule has 0 aliphatic heterocycles. The van der Waals surface area contributed by atoms with Gasteiger partial charge in [0.2, 0.25) is 0 Å². The maximum absolute atomic E-state index is 13.8. The first kappa shape index (κ1) is 19.6. The van der Waals surface area contributed by atoms with Crippen molar-refractivity contribution >= 4 is 5.91 Å². The van der Waals surface area contributed by atoms with Gasteiger partial charge in [0.05, 0.1) is 20.3 Å². The van der Waals surface area contributed by atoms with E-state index in [4.69, 9.17) is 14.2 Å². The average molecular weight is 361 g/mol. The van der Waals surface area contributed by atoms with Crippen LogP contribution in [-0.2, 0) is 4.79 Å². The minimum atomic E-state index is -0.800. The molecule has 0 aliphatic carbocycles. The predicted molar refractivity (Wildman–Crippen MR) is 97.2 cm³/mol. The average Bonchev–Trinajstić information content (AvgIpc) is 2.66. The van der Waals surface area contributed by atoms with Gasteiger partial charge in [-0.15, -0.1) is 0 Å². The lowest BCUT2D eigenvalue weighted by molar-refractivity contribution is -0.128. The Bertz CT molecular complexity index is 750. The number of nitrogens with one attached hydrogen (secondary N) is 1. The number of methoxy groups -OCH3 is 2. The molecule has 0 saturated carbocycles. The van der Waals surface area contributed by atoms with Crippen molar-refractivity contribution in [2.24, 2.45) is 0 Å². The number of rotatable bonds is 8. The van der Waals surface area contributed by atoms with Crippen molar-refractivity contribution in [1.82, 2.24) is 5.32 Å².